The Morgan fingerprint density at radius 2 is 1.89 bits per heavy atom. The largest absolute Gasteiger partial charge is 0.368 e. The molecule has 4 N–H and O–H groups in total. The summed E-state index contributed by atoms with van der Waals surface area (Å²) >= 11 is 5.91. The number of aliphatic hydroxyl groups excluding tert-OH is 1. The van der Waals surface area contributed by atoms with Gasteiger partial charge in [-0.25, -0.2) is 5.14 Å². The molecule has 0 bridgehead atoms. The van der Waals surface area contributed by atoms with E-state index < -0.39 is 16.6 Å². The predicted molar refractivity (Wildman–Crippen MR) is 72.7 cm³/mol. The van der Waals surface area contributed by atoms with Crippen molar-refractivity contribution in [2.75, 3.05) is 6.61 Å². The Kier molecular flexibility index (Phi) is 8.90. The summed E-state index contributed by atoms with van der Waals surface area (Å²) in [6.07, 6.45) is 0.0509. The molecule has 0 aliphatic heterocycles. The Morgan fingerprint density at radius 3 is 2.37 bits per heavy atom. The minimum Gasteiger partial charge on any atom is -0.368 e. The molecule has 6 nitrogen and oxygen atoms in total. The van der Waals surface area contributed by atoms with Crippen LogP contribution in [0.2, 0.25) is 5.02 Å². The summed E-state index contributed by atoms with van der Waals surface area (Å²) in [4.78, 5) is 0. The fourth-order valence-corrected chi connectivity index (χ4v) is 1.72. The van der Waals surface area contributed by atoms with E-state index in [0.717, 1.165) is 5.56 Å². The minimum absolute atomic E-state index is 0.0735. The maximum atomic E-state index is 10.4. The first-order chi connectivity index (χ1) is 8.72. The first kappa shape index (κ1) is 18.3. The fourth-order valence-electron chi connectivity index (χ4n) is 1.14. The van der Waals surface area contributed by atoms with Gasteiger partial charge in [0.2, 0.25) is 0 Å². The zero-order chi connectivity index (χ0) is 14.9. The molecular formula is C11H18ClNO5S. The van der Waals surface area contributed by atoms with Gasteiger partial charge in [0.1, 0.15) is 6.29 Å². The predicted octanol–water partition coefficient (Wildman–Crippen LogP) is 0.810. The topological polar surface area (TPSA) is 110 Å². The van der Waals surface area contributed by atoms with Crippen molar-refractivity contribution in [2.45, 2.75) is 26.1 Å². The summed E-state index contributed by atoms with van der Waals surface area (Å²) in [5.41, 5.74) is 0.970. The smallest absolute Gasteiger partial charge is 0.333 e. The standard InChI is InChI=1S/C9H12ClNO3S.C2H6O2/c10-9-6-2-1-4-8(9)5-3-7-14-15(11,12)13;1-2(3)4/h1-2,4,6H,3,5,7H2,(H2,11,12,13);2-4H,1H3. The number of halogens is 1. The van der Waals surface area contributed by atoms with Gasteiger partial charge < -0.3 is 10.2 Å². The number of aryl methyl sites for hydroxylation is 1. The van der Waals surface area contributed by atoms with Gasteiger partial charge in [0, 0.05) is 5.02 Å². The van der Waals surface area contributed by atoms with Crippen LogP contribution in [0.5, 0.6) is 0 Å². The van der Waals surface area contributed by atoms with Crippen LogP contribution in [-0.4, -0.2) is 31.5 Å². The van der Waals surface area contributed by atoms with Crippen LogP contribution in [-0.2, 0) is 20.9 Å². The molecule has 0 aliphatic rings. The summed E-state index contributed by atoms with van der Waals surface area (Å²) < 4.78 is 25.3. The third-order valence-corrected chi connectivity index (χ3v) is 2.66. The third kappa shape index (κ3) is 12.1. The van der Waals surface area contributed by atoms with Crippen LogP contribution in [0, 0.1) is 0 Å². The molecule has 8 heteroatoms. The van der Waals surface area contributed by atoms with E-state index in [9.17, 15) is 8.42 Å². The lowest BCUT2D eigenvalue weighted by Crippen LogP contribution is -2.16. The fraction of sp³-hybridized carbons (Fsp3) is 0.455. The number of benzene rings is 1. The molecule has 0 atom stereocenters. The number of hydrogen-bond acceptors (Lipinski definition) is 5. The zero-order valence-corrected chi connectivity index (χ0v) is 12.1. The van der Waals surface area contributed by atoms with Gasteiger partial charge in [-0.15, -0.1) is 0 Å². The molecular weight excluding hydrogens is 294 g/mol. The second-order valence-electron chi connectivity index (χ2n) is 3.64. The highest BCUT2D eigenvalue weighted by Crippen LogP contribution is 2.16. The summed E-state index contributed by atoms with van der Waals surface area (Å²) in [6, 6.07) is 7.39. The lowest BCUT2D eigenvalue weighted by atomic mass is 10.1. The Morgan fingerprint density at radius 1 is 1.37 bits per heavy atom. The molecule has 0 saturated heterocycles. The maximum Gasteiger partial charge on any atom is 0.333 e. The van der Waals surface area contributed by atoms with E-state index in [4.69, 9.17) is 21.8 Å². The van der Waals surface area contributed by atoms with Crippen molar-refractivity contribution in [1.29, 1.82) is 0 Å². The molecule has 0 aliphatic carbocycles. The number of hydrogen-bond donors (Lipinski definition) is 3. The van der Waals surface area contributed by atoms with Gasteiger partial charge in [-0.2, -0.15) is 8.42 Å². The third-order valence-electron chi connectivity index (χ3n) is 1.80. The van der Waals surface area contributed by atoms with Crippen molar-refractivity contribution in [3.63, 3.8) is 0 Å². The van der Waals surface area contributed by atoms with Crippen molar-refractivity contribution in [3.8, 4) is 0 Å². The van der Waals surface area contributed by atoms with Crippen LogP contribution in [0.1, 0.15) is 18.9 Å². The highest BCUT2D eigenvalue weighted by molar-refractivity contribution is 7.84. The van der Waals surface area contributed by atoms with E-state index in [1.54, 1.807) is 6.07 Å². The average Bonchev–Trinajstić information content (AvgIpc) is 2.24. The SMILES string of the molecule is CC(O)O.NS(=O)(=O)OCCCc1ccccc1Cl. The molecule has 19 heavy (non-hydrogen) atoms. The molecule has 110 valence electrons. The van der Waals surface area contributed by atoms with Gasteiger partial charge in [-0.1, -0.05) is 29.8 Å². The van der Waals surface area contributed by atoms with E-state index in [1.807, 2.05) is 18.2 Å². The van der Waals surface area contributed by atoms with Crippen LogP contribution >= 0.6 is 11.6 Å². The van der Waals surface area contributed by atoms with Crippen molar-refractivity contribution >= 4 is 21.9 Å². The molecule has 0 unspecified atom stereocenters. The number of aliphatic hydroxyl groups is 2. The monoisotopic (exact) mass is 311 g/mol. The summed E-state index contributed by atoms with van der Waals surface area (Å²) in [7, 11) is -3.82. The van der Waals surface area contributed by atoms with Crippen molar-refractivity contribution in [1.82, 2.24) is 0 Å². The van der Waals surface area contributed by atoms with Crippen molar-refractivity contribution in [2.24, 2.45) is 5.14 Å². The Balaban J connectivity index is 0.000000711. The molecule has 0 fully saturated rings. The van der Waals surface area contributed by atoms with E-state index in [-0.39, 0.29) is 6.61 Å². The molecule has 1 aromatic carbocycles. The van der Waals surface area contributed by atoms with E-state index in [2.05, 4.69) is 9.32 Å². The molecule has 1 aromatic rings. The Hall–Kier alpha value is -0.700. The van der Waals surface area contributed by atoms with Gasteiger partial charge in [0.25, 0.3) is 0 Å². The first-order valence-electron chi connectivity index (χ1n) is 5.49. The number of nitrogens with two attached hydrogens (primary N) is 1. The first-order valence-corrected chi connectivity index (χ1v) is 7.34. The summed E-state index contributed by atoms with van der Waals surface area (Å²) in [5, 5.41) is 20.6. The van der Waals surface area contributed by atoms with Crippen molar-refractivity contribution < 1.29 is 22.8 Å². The van der Waals surface area contributed by atoms with Gasteiger partial charge in [0.05, 0.1) is 6.61 Å². The maximum absolute atomic E-state index is 10.4. The molecule has 0 heterocycles. The van der Waals surface area contributed by atoms with Crippen LogP contribution in [0.4, 0.5) is 0 Å². The lowest BCUT2D eigenvalue weighted by Gasteiger charge is -2.03. The van der Waals surface area contributed by atoms with Gasteiger partial charge in [0.15, 0.2) is 0 Å². The Bertz CT molecular complexity index is 461. The van der Waals surface area contributed by atoms with Crippen LogP contribution < -0.4 is 5.14 Å². The highest BCUT2D eigenvalue weighted by atomic mass is 35.5. The quantitative estimate of drug-likeness (QED) is 0.550. The van der Waals surface area contributed by atoms with Gasteiger partial charge in [-0.05, 0) is 31.4 Å². The summed E-state index contributed by atoms with van der Waals surface area (Å²) in [5.74, 6) is 0. The van der Waals surface area contributed by atoms with Gasteiger partial charge >= 0.3 is 10.3 Å². The van der Waals surface area contributed by atoms with Crippen LogP contribution in [0.15, 0.2) is 24.3 Å². The molecule has 0 aromatic heterocycles. The molecule has 0 amide bonds. The minimum atomic E-state index is -3.82. The highest BCUT2D eigenvalue weighted by Gasteiger charge is 2.03. The molecule has 1 rings (SSSR count). The summed E-state index contributed by atoms with van der Waals surface area (Å²) in [6.45, 7) is 1.35. The normalized spacial score (nSPS) is 11.1. The lowest BCUT2D eigenvalue weighted by molar-refractivity contribution is -0.0228. The molecule has 0 spiro atoms. The average molecular weight is 312 g/mol. The van der Waals surface area contributed by atoms with Crippen LogP contribution in [0.3, 0.4) is 0 Å². The molecule has 0 radical (unpaired) electrons. The zero-order valence-electron chi connectivity index (χ0n) is 10.5. The van der Waals surface area contributed by atoms with Gasteiger partial charge in [-0.3, -0.25) is 4.18 Å². The van der Waals surface area contributed by atoms with Crippen molar-refractivity contribution in [3.05, 3.63) is 34.9 Å². The number of rotatable bonds is 5. The molecule has 0 saturated carbocycles. The second kappa shape index (κ2) is 9.24. The van der Waals surface area contributed by atoms with E-state index in [0.29, 0.717) is 17.9 Å². The van der Waals surface area contributed by atoms with Crippen LogP contribution in [0.25, 0.3) is 0 Å². The van der Waals surface area contributed by atoms with E-state index >= 15 is 0 Å². The second-order valence-corrected chi connectivity index (χ2v) is 5.27. The Labute approximate surface area is 118 Å². The van der Waals surface area contributed by atoms with E-state index in [1.165, 1.54) is 6.92 Å².